The fourth-order valence-corrected chi connectivity index (χ4v) is 6.43. The van der Waals surface area contributed by atoms with E-state index in [9.17, 15) is 18.7 Å². The molecule has 2 N–H and O–H groups in total. The predicted octanol–water partition coefficient (Wildman–Crippen LogP) is 5.40. The van der Waals surface area contributed by atoms with Gasteiger partial charge in [-0.15, -0.1) is 0 Å². The molecular formula is C29H46F2N2O3. The third-order valence-corrected chi connectivity index (χ3v) is 8.37. The van der Waals surface area contributed by atoms with Crippen molar-refractivity contribution in [3.05, 3.63) is 35.4 Å². The number of nitrogens with one attached hydrogen (secondary N) is 1. The second-order valence-corrected chi connectivity index (χ2v) is 11.0. The van der Waals surface area contributed by atoms with E-state index in [1.807, 2.05) is 11.9 Å². The number of piperidine rings is 1. The SMILES string of the molecule is CNC[C@@H](CC(=O)N1CCC[C@@H]([C@@](O)(CCCCOC)c2cccc(F)c2F)C1)CC1CCCCC1. The summed E-state index contributed by atoms with van der Waals surface area (Å²) in [6.45, 7) is 2.38. The number of aliphatic hydroxyl groups is 1. The van der Waals surface area contributed by atoms with E-state index < -0.39 is 17.2 Å². The number of halogens is 2. The maximum atomic E-state index is 14.9. The van der Waals surface area contributed by atoms with Crippen molar-refractivity contribution in [3.63, 3.8) is 0 Å². The Morgan fingerprint density at radius 1 is 1.19 bits per heavy atom. The van der Waals surface area contributed by atoms with Gasteiger partial charge in [-0.2, -0.15) is 0 Å². The van der Waals surface area contributed by atoms with Crippen molar-refractivity contribution in [2.45, 2.75) is 82.7 Å². The zero-order chi connectivity index (χ0) is 26.0. The van der Waals surface area contributed by atoms with Crippen LogP contribution in [0.15, 0.2) is 18.2 Å². The number of carbonyl (C=O) groups excluding carboxylic acids is 1. The van der Waals surface area contributed by atoms with Crippen LogP contribution in [0, 0.1) is 29.4 Å². The summed E-state index contributed by atoms with van der Waals surface area (Å²) in [5.74, 6) is -1.19. The number of rotatable bonds is 13. The minimum atomic E-state index is -1.54. The molecule has 2 aliphatic rings. The van der Waals surface area contributed by atoms with Crippen LogP contribution in [0.3, 0.4) is 0 Å². The first kappa shape index (κ1) is 29.0. The molecule has 0 spiro atoms. The molecule has 1 aliphatic heterocycles. The second-order valence-electron chi connectivity index (χ2n) is 11.0. The van der Waals surface area contributed by atoms with Gasteiger partial charge in [0.15, 0.2) is 11.6 Å². The van der Waals surface area contributed by atoms with Crippen molar-refractivity contribution < 1.29 is 23.4 Å². The van der Waals surface area contributed by atoms with Crippen LogP contribution in [0.4, 0.5) is 8.78 Å². The molecule has 3 rings (SSSR count). The maximum absolute atomic E-state index is 14.9. The average molecular weight is 509 g/mol. The Labute approximate surface area is 216 Å². The average Bonchev–Trinajstić information content (AvgIpc) is 2.89. The number of hydrogen-bond acceptors (Lipinski definition) is 4. The highest BCUT2D eigenvalue weighted by atomic mass is 19.2. The van der Waals surface area contributed by atoms with Crippen molar-refractivity contribution in [1.29, 1.82) is 0 Å². The Bertz CT molecular complexity index is 818. The summed E-state index contributed by atoms with van der Waals surface area (Å²) in [7, 11) is 3.56. The van der Waals surface area contributed by atoms with Gasteiger partial charge in [0.25, 0.3) is 0 Å². The zero-order valence-corrected chi connectivity index (χ0v) is 22.2. The fourth-order valence-electron chi connectivity index (χ4n) is 6.43. The van der Waals surface area contributed by atoms with Crippen molar-refractivity contribution in [2.24, 2.45) is 17.8 Å². The highest BCUT2D eigenvalue weighted by molar-refractivity contribution is 5.76. The molecule has 5 nitrogen and oxygen atoms in total. The Hall–Kier alpha value is -1.57. The van der Waals surface area contributed by atoms with Crippen molar-refractivity contribution in [1.82, 2.24) is 10.2 Å². The van der Waals surface area contributed by atoms with Crippen LogP contribution in [0.25, 0.3) is 0 Å². The van der Waals surface area contributed by atoms with E-state index in [0.29, 0.717) is 57.2 Å². The molecule has 36 heavy (non-hydrogen) atoms. The maximum Gasteiger partial charge on any atom is 0.222 e. The van der Waals surface area contributed by atoms with Gasteiger partial charge in [-0.25, -0.2) is 8.78 Å². The largest absolute Gasteiger partial charge is 0.385 e. The monoisotopic (exact) mass is 508 g/mol. The molecule has 1 saturated carbocycles. The van der Waals surface area contributed by atoms with E-state index in [2.05, 4.69) is 5.32 Å². The molecule has 0 bridgehead atoms. The molecule has 1 aromatic rings. The summed E-state index contributed by atoms with van der Waals surface area (Å²) in [6, 6.07) is 4.02. The predicted molar refractivity (Wildman–Crippen MR) is 139 cm³/mol. The van der Waals surface area contributed by atoms with Crippen LogP contribution < -0.4 is 5.32 Å². The summed E-state index contributed by atoms with van der Waals surface area (Å²) in [4.78, 5) is 15.3. The molecule has 0 radical (unpaired) electrons. The van der Waals surface area contributed by atoms with E-state index >= 15 is 0 Å². The van der Waals surface area contributed by atoms with Gasteiger partial charge in [-0.1, -0.05) is 44.2 Å². The standard InChI is InChI=1S/C29H46F2N2O3/c1-32-20-23(18-22-10-4-3-5-11-22)19-27(34)33-16-9-12-24(21-33)29(35,15-6-7-17-36-2)25-13-8-14-26(30)28(25)31/h8,13-14,22-24,32,35H,3-7,9-12,15-21H2,1-2H3/t23-,24-,29+/m1/s1. The van der Waals surface area contributed by atoms with Crippen LogP contribution >= 0.6 is 0 Å². The van der Waals surface area contributed by atoms with E-state index in [4.69, 9.17) is 4.74 Å². The van der Waals surface area contributed by atoms with E-state index in [-0.39, 0.29) is 17.4 Å². The number of carbonyl (C=O) groups is 1. The Kier molecular flexibility index (Phi) is 11.6. The van der Waals surface area contributed by atoms with E-state index in [1.165, 1.54) is 44.2 Å². The van der Waals surface area contributed by atoms with Gasteiger partial charge < -0.3 is 20.1 Å². The lowest BCUT2D eigenvalue weighted by Gasteiger charge is -2.43. The number of amides is 1. The van der Waals surface area contributed by atoms with Gasteiger partial charge in [0.05, 0.1) is 5.60 Å². The summed E-state index contributed by atoms with van der Waals surface area (Å²) >= 11 is 0. The van der Waals surface area contributed by atoms with Gasteiger partial charge in [0, 0.05) is 44.7 Å². The van der Waals surface area contributed by atoms with Crippen LogP contribution in [-0.2, 0) is 15.1 Å². The highest BCUT2D eigenvalue weighted by Gasteiger charge is 2.43. The van der Waals surface area contributed by atoms with Gasteiger partial charge in [-0.3, -0.25) is 4.79 Å². The summed E-state index contributed by atoms with van der Waals surface area (Å²) < 4.78 is 34.2. The van der Waals surface area contributed by atoms with Crippen LogP contribution in [-0.4, -0.2) is 56.3 Å². The Balaban J connectivity index is 1.72. The van der Waals surface area contributed by atoms with Gasteiger partial charge in [0.1, 0.15) is 0 Å². The number of nitrogens with zero attached hydrogens (tertiary/aromatic N) is 1. The summed E-state index contributed by atoms with van der Waals surface area (Å²) in [5.41, 5.74) is -1.53. The zero-order valence-electron chi connectivity index (χ0n) is 22.2. The first-order chi connectivity index (χ1) is 17.4. The van der Waals surface area contributed by atoms with E-state index in [1.54, 1.807) is 7.11 Å². The smallest absolute Gasteiger partial charge is 0.222 e. The number of unbranched alkanes of at least 4 members (excludes halogenated alkanes) is 1. The molecule has 1 amide bonds. The fraction of sp³-hybridized carbons (Fsp3) is 0.759. The molecule has 1 heterocycles. The van der Waals surface area contributed by atoms with Gasteiger partial charge in [-0.05, 0) is 70.0 Å². The second kappa shape index (κ2) is 14.4. The molecular weight excluding hydrogens is 462 g/mol. The number of methoxy groups -OCH3 is 1. The van der Waals surface area contributed by atoms with Crippen molar-refractivity contribution >= 4 is 5.91 Å². The lowest BCUT2D eigenvalue weighted by atomic mass is 9.73. The topological polar surface area (TPSA) is 61.8 Å². The molecule has 1 aromatic carbocycles. The van der Waals surface area contributed by atoms with Gasteiger partial charge >= 0.3 is 0 Å². The first-order valence-electron chi connectivity index (χ1n) is 14.0. The molecule has 7 heteroatoms. The Morgan fingerprint density at radius 2 is 1.97 bits per heavy atom. The summed E-state index contributed by atoms with van der Waals surface area (Å²) in [6.07, 6.45) is 11.0. The van der Waals surface area contributed by atoms with Crippen LogP contribution in [0.5, 0.6) is 0 Å². The van der Waals surface area contributed by atoms with Crippen molar-refractivity contribution in [2.75, 3.05) is 40.4 Å². The molecule has 204 valence electrons. The van der Waals surface area contributed by atoms with E-state index in [0.717, 1.165) is 31.9 Å². The third-order valence-electron chi connectivity index (χ3n) is 8.37. The van der Waals surface area contributed by atoms with Crippen LogP contribution in [0.1, 0.15) is 82.6 Å². The minimum Gasteiger partial charge on any atom is -0.385 e. The van der Waals surface area contributed by atoms with Crippen molar-refractivity contribution in [3.8, 4) is 0 Å². The number of ether oxygens (including phenoxy) is 1. The lowest BCUT2D eigenvalue weighted by molar-refractivity contribution is -0.138. The highest BCUT2D eigenvalue weighted by Crippen LogP contribution is 2.41. The number of hydrogen-bond donors (Lipinski definition) is 2. The van der Waals surface area contributed by atoms with Crippen LogP contribution in [0.2, 0.25) is 0 Å². The van der Waals surface area contributed by atoms with Gasteiger partial charge in [0.2, 0.25) is 5.91 Å². The number of benzene rings is 1. The molecule has 1 aliphatic carbocycles. The summed E-state index contributed by atoms with van der Waals surface area (Å²) in [5, 5.41) is 15.2. The minimum absolute atomic E-state index is 0.00424. The molecule has 1 saturated heterocycles. The Morgan fingerprint density at radius 3 is 2.69 bits per heavy atom. The third kappa shape index (κ3) is 7.72. The number of likely N-dealkylation sites (tertiary alicyclic amines) is 1. The molecule has 0 unspecified atom stereocenters. The molecule has 2 fully saturated rings. The first-order valence-corrected chi connectivity index (χ1v) is 14.0. The normalized spacial score (nSPS) is 21.8. The molecule has 0 aromatic heterocycles. The quantitative estimate of drug-likeness (QED) is 0.350. The molecule has 3 atom stereocenters. The lowest BCUT2D eigenvalue weighted by Crippen LogP contribution is -2.49.